The smallest absolute Gasteiger partial charge is 0.260 e. The number of hydrogen-bond acceptors (Lipinski definition) is 4. The topological polar surface area (TPSA) is 50.3 Å². The van der Waals surface area contributed by atoms with Crippen molar-refractivity contribution >= 4 is 23.6 Å². The van der Waals surface area contributed by atoms with Crippen molar-refractivity contribution in [1.29, 1.82) is 0 Å². The fourth-order valence-corrected chi connectivity index (χ4v) is 3.71. The van der Waals surface area contributed by atoms with Crippen LogP contribution in [0.15, 0.2) is 53.7 Å². The molecule has 1 aromatic carbocycles. The summed E-state index contributed by atoms with van der Waals surface area (Å²) in [7, 11) is 0. The number of amides is 2. The molecule has 0 unspecified atom stereocenters. The van der Waals surface area contributed by atoms with Crippen molar-refractivity contribution < 1.29 is 14.0 Å². The van der Waals surface area contributed by atoms with Crippen LogP contribution in [-0.2, 0) is 4.79 Å². The van der Waals surface area contributed by atoms with Gasteiger partial charge in [-0.1, -0.05) is 24.2 Å². The minimum Gasteiger partial charge on any atom is -0.278 e. The third kappa shape index (κ3) is 3.82. The van der Waals surface area contributed by atoms with E-state index in [0.29, 0.717) is 18.5 Å². The Morgan fingerprint density at radius 1 is 1.17 bits per heavy atom. The number of benzene rings is 1. The number of carbonyl (C=O) groups is 2. The van der Waals surface area contributed by atoms with Crippen LogP contribution in [-0.4, -0.2) is 33.5 Å². The summed E-state index contributed by atoms with van der Waals surface area (Å²) in [6, 6.07) is 10.8. The van der Waals surface area contributed by atoms with Gasteiger partial charge in [0.25, 0.3) is 5.91 Å². The van der Waals surface area contributed by atoms with Gasteiger partial charge in [0.15, 0.2) is 0 Å². The molecule has 0 saturated carbocycles. The predicted molar refractivity (Wildman–Crippen MR) is 90.2 cm³/mol. The van der Waals surface area contributed by atoms with Gasteiger partial charge in [0, 0.05) is 18.3 Å². The zero-order valence-corrected chi connectivity index (χ0v) is 13.8. The highest BCUT2D eigenvalue weighted by molar-refractivity contribution is 8.00. The molecule has 3 rings (SSSR count). The van der Waals surface area contributed by atoms with Gasteiger partial charge < -0.3 is 0 Å². The van der Waals surface area contributed by atoms with Gasteiger partial charge >= 0.3 is 0 Å². The summed E-state index contributed by atoms with van der Waals surface area (Å²) in [6.07, 6.45) is 4.06. The molecule has 0 spiro atoms. The molecule has 0 N–H and O–H groups in total. The van der Waals surface area contributed by atoms with Crippen LogP contribution in [0, 0.1) is 5.82 Å². The lowest BCUT2D eigenvalue weighted by Crippen LogP contribution is -2.41. The molecule has 2 amide bonds. The van der Waals surface area contributed by atoms with Gasteiger partial charge in [0.05, 0.1) is 10.3 Å². The van der Waals surface area contributed by atoms with Crippen LogP contribution >= 0.6 is 11.8 Å². The fraction of sp³-hybridized carbons (Fsp3) is 0.278. The summed E-state index contributed by atoms with van der Waals surface area (Å²) < 4.78 is 13.0. The second kappa shape index (κ2) is 7.57. The summed E-state index contributed by atoms with van der Waals surface area (Å²) in [5.41, 5.74) is 0.327. The third-order valence-corrected chi connectivity index (χ3v) is 5.08. The Bertz CT molecular complexity index is 722. The molecule has 1 aliphatic heterocycles. The molecule has 0 bridgehead atoms. The highest BCUT2D eigenvalue weighted by Crippen LogP contribution is 2.29. The van der Waals surface area contributed by atoms with Crippen molar-refractivity contribution in [2.75, 3.05) is 6.54 Å². The minimum atomic E-state index is -0.405. The molecule has 4 nitrogen and oxygen atoms in total. The van der Waals surface area contributed by atoms with Gasteiger partial charge in [-0.2, -0.15) is 0 Å². The number of thioether (sulfide) groups is 1. The molecule has 0 aliphatic carbocycles. The van der Waals surface area contributed by atoms with Crippen molar-refractivity contribution in [3.63, 3.8) is 0 Å². The number of rotatable bonds is 3. The maximum absolute atomic E-state index is 13.0. The second-order valence-electron chi connectivity index (χ2n) is 5.57. The van der Waals surface area contributed by atoms with E-state index in [1.54, 1.807) is 6.20 Å². The first kappa shape index (κ1) is 16.6. The molecule has 2 aromatic rings. The molecule has 0 radical (unpaired) electrons. The van der Waals surface area contributed by atoms with Gasteiger partial charge in [-0.25, -0.2) is 9.37 Å². The summed E-state index contributed by atoms with van der Waals surface area (Å²) in [6.45, 7) is 0.397. The van der Waals surface area contributed by atoms with E-state index in [1.807, 2.05) is 18.2 Å². The van der Waals surface area contributed by atoms with Crippen LogP contribution < -0.4 is 0 Å². The monoisotopic (exact) mass is 344 g/mol. The lowest BCUT2D eigenvalue weighted by Gasteiger charge is -2.22. The molecule has 1 aliphatic rings. The highest BCUT2D eigenvalue weighted by Gasteiger charge is 2.32. The molecule has 1 saturated heterocycles. The molecular weight excluding hydrogens is 327 g/mol. The molecule has 1 aromatic heterocycles. The summed E-state index contributed by atoms with van der Waals surface area (Å²) in [5, 5.41) is 0.443. The Hall–Kier alpha value is -2.21. The Balaban J connectivity index is 1.78. The van der Waals surface area contributed by atoms with Gasteiger partial charge in [-0.05, 0) is 49.2 Å². The van der Waals surface area contributed by atoms with Crippen molar-refractivity contribution in [2.45, 2.75) is 29.5 Å². The first-order valence-electron chi connectivity index (χ1n) is 7.84. The number of pyridine rings is 1. The predicted octanol–water partition coefficient (Wildman–Crippen LogP) is 3.53. The van der Waals surface area contributed by atoms with E-state index in [4.69, 9.17) is 0 Å². The van der Waals surface area contributed by atoms with Crippen molar-refractivity contribution in [3.05, 3.63) is 60.0 Å². The lowest BCUT2D eigenvalue weighted by atomic mass is 10.2. The van der Waals surface area contributed by atoms with Crippen LogP contribution in [0.5, 0.6) is 0 Å². The average molecular weight is 344 g/mol. The number of hydrogen-bond donors (Lipinski definition) is 0. The van der Waals surface area contributed by atoms with Crippen molar-refractivity contribution in [2.24, 2.45) is 0 Å². The number of likely N-dealkylation sites (tertiary alicyclic amines) is 1. The number of halogens is 1. The van der Waals surface area contributed by atoms with Crippen LogP contribution in [0.3, 0.4) is 0 Å². The van der Waals surface area contributed by atoms with E-state index >= 15 is 0 Å². The fourth-order valence-electron chi connectivity index (χ4n) is 2.63. The summed E-state index contributed by atoms with van der Waals surface area (Å²) >= 11 is 1.39. The van der Waals surface area contributed by atoms with Crippen molar-refractivity contribution in [1.82, 2.24) is 9.88 Å². The van der Waals surface area contributed by atoms with Crippen LogP contribution in [0.2, 0.25) is 0 Å². The number of aromatic nitrogens is 1. The van der Waals surface area contributed by atoms with Gasteiger partial charge in [-0.15, -0.1) is 0 Å². The lowest BCUT2D eigenvalue weighted by molar-refractivity contribution is -0.127. The van der Waals surface area contributed by atoms with Crippen molar-refractivity contribution in [3.8, 4) is 0 Å². The molecule has 2 heterocycles. The zero-order valence-electron chi connectivity index (χ0n) is 13.0. The SMILES string of the molecule is O=C(c1ccc(F)cc1)N1CCCC[C@H](Sc2ccccn2)C1=O. The average Bonchev–Trinajstić information content (AvgIpc) is 2.78. The zero-order chi connectivity index (χ0) is 16.9. The Labute approximate surface area is 144 Å². The summed E-state index contributed by atoms with van der Waals surface area (Å²) in [5.74, 6) is -0.969. The van der Waals surface area contributed by atoms with Gasteiger partial charge in [0.1, 0.15) is 5.82 Å². The normalized spacial score (nSPS) is 18.3. The van der Waals surface area contributed by atoms with E-state index in [0.717, 1.165) is 17.9 Å². The van der Waals surface area contributed by atoms with Crippen LogP contribution in [0.1, 0.15) is 29.6 Å². The van der Waals surface area contributed by atoms with E-state index in [2.05, 4.69) is 4.98 Å². The minimum absolute atomic E-state index is 0.197. The van der Waals surface area contributed by atoms with Crippen LogP contribution in [0.25, 0.3) is 0 Å². The van der Waals surface area contributed by atoms with Gasteiger partial charge in [-0.3, -0.25) is 14.5 Å². The Morgan fingerprint density at radius 2 is 1.96 bits per heavy atom. The quantitative estimate of drug-likeness (QED) is 0.799. The first-order chi connectivity index (χ1) is 11.6. The van der Waals surface area contributed by atoms with E-state index in [-0.39, 0.29) is 17.1 Å². The third-order valence-electron chi connectivity index (χ3n) is 3.88. The Kier molecular flexibility index (Phi) is 5.25. The largest absolute Gasteiger partial charge is 0.278 e. The molecule has 1 atom stereocenters. The highest BCUT2D eigenvalue weighted by atomic mass is 32.2. The van der Waals surface area contributed by atoms with E-state index in [1.165, 1.54) is 40.9 Å². The number of imide groups is 1. The number of nitrogens with zero attached hydrogens (tertiary/aromatic N) is 2. The standard InChI is InChI=1S/C18H17FN2O2S/c19-14-9-7-13(8-10-14)17(22)21-12-4-2-5-15(18(21)23)24-16-6-1-3-11-20-16/h1,3,6-11,15H,2,4-5,12H2/t15-/m0/s1. The molecule has 6 heteroatoms. The molecule has 1 fully saturated rings. The molecule has 124 valence electrons. The number of carbonyl (C=O) groups excluding carboxylic acids is 2. The Morgan fingerprint density at radius 3 is 2.67 bits per heavy atom. The molecule has 24 heavy (non-hydrogen) atoms. The van der Waals surface area contributed by atoms with Crippen LogP contribution in [0.4, 0.5) is 4.39 Å². The second-order valence-corrected chi connectivity index (χ2v) is 6.80. The maximum atomic E-state index is 13.0. The summed E-state index contributed by atoms with van der Waals surface area (Å²) in [4.78, 5) is 31.0. The van der Waals surface area contributed by atoms with E-state index < -0.39 is 5.82 Å². The molecular formula is C18H17FN2O2S. The first-order valence-corrected chi connectivity index (χ1v) is 8.72. The van der Waals surface area contributed by atoms with E-state index in [9.17, 15) is 14.0 Å². The maximum Gasteiger partial charge on any atom is 0.260 e. The van der Waals surface area contributed by atoms with Gasteiger partial charge in [0.2, 0.25) is 5.91 Å².